The molecule has 1 aromatic heterocycles. The molecule has 1 aromatic carbocycles. The summed E-state index contributed by atoms with van der Waals surface area (Å²) in [6.45, 7) is 1.91. The lowest BCUT2D eigenvalue weighted by molar-refractivity contribution is 0.0697. The van der Waals surface area contributed by atoms with Crippen LogP contribution in [0.2, 0.25) is 5.15 Å². The Labute approximate surface area is 91.3 Å². The molecule has 2 rings (SSSR count). The fraction of sp³-hybridized carbons (Fsp3) is 0.0909. The monoisotopic (exact) mass is 221 g/mol. The van der Waals surface area contributed by atoms with Crippen LogP contribution in [0, 0.1) is 6.92 Å². The summed E-state index contributed by atoms with van der Waals surface area (Å²) in [5.74, 6) is -0.963. The molecular weight excluding hydrogens is 214 g/mol. The van der Waals surface area contributed by atoms with Gasteiger partial charge in [0.15, 0.2) is 0 Å². The molecule has 0 saturated carbocycles. The van der Waals surface area contributed by atoms with Gasteiger partial charge < -0.3 is 5.11 Å². The lowest BCUT2D eigenvalue weighted by atomic mass is 10.1. The van der Waals surface area contributed by atoms with Crippen LogP contribution in [0.4, 0.5) is 0 Å². The van der Waals surface area contributed by atoms with E-state index in [0.29, 0.717) is 10.5 Å². The minimum absolute atomic E-state index is 0.219. The maximum Gasteiger partial charge on any atom is 0.335 e. The summed E-state index contributed by atoms with van der Waals surface area (Å²) in [7, 11) is 0. The first kappa shape index (κ1) is 9.93. The van der Waals surface area contributed by atoms with Crippen LogP contribution in [0.25, 0.3) is 10.8 Å². The number of aromatic carboxylic acids is 1. The number of carboxylic acid groups (broad SMARTS) is 1. The van der Waals surface area contributed by atoms with E-state index in [1.165, 1.54) is 0 Å². The molecule has 3 nitrogen and oxygen atoms in total. The van der Waals surface area contributed by atoms with Crippen LogP contribution >= 0.6 is 11.6 Å². The molecule has 0 fully saturated rings. The molecule has 0 atom stereocenters. The number of aromatic nitrogens is 1. The first-order valence-electron chi connectivity index (χ1n) is 4.38. The van der Waals surface area contributed by atoms with Crippen molar-refractivity contribution in [3.05, 3.63) is 40.7 Å². The molecule has 76 valence electrons. The molecule has 1 heterocycles. The van der Waals surface area contributed by atoms with E-state index in [-0.39, 0.29) is 5.56 Å². The molecule has 0 spiro atoms. The molecular formula is C11H8ClNO2. The van der Waals surface area contributed by atoms with Gasteiger partial charge >= 0.3 is 5.97 Å². The van der Waals surface area contributed by atoms with E-state index in [4.69, 9.17) is 16.7 Å². The van der Waals surface area contributed by atoms with Crippen LogP contribution < -0.4 is 0 Å². The Hall–Kier alpha value is -1.61. The van der Waals surface area contributed by atoms with Gasteiger partial charge in [-0.15, -0.1) is 0 Å². The van der Waals surface area contributed by atoms with Crippen LogP contribution in [0.5, 0.6) is 0 Å². The number of aryl methyl sites for hydroxylation is 1. The second-order valence-electron chi connectivity index (χ2n) is 3.30. The molecule has 2 aromatic rings. The summed E-state index contributed by atoms with van der Waals surface area (Å²) in [4.78, 5) is 14.8. The predicted molar refractivity (Wildman–Crippen MR) is 58.4 cm³/mol. The van der Waals surface area contributed by atoms with Crippen LogP contribution in [-0.2, 0) is 0 Å². The first-order chi connectivity index (χ1) is 7.09. The van der Waals surface area contributed by atoms with Gasteiger partial charge in [-0.2, -0.15) is 0 Å². The number of carboxylic acids is 1. The summed E-state index contributed by atoms with van der Waals surface area (Å²) >= 11 is 5.90. The third kappa shape index (κ3) is 1.66. The summed E-state index contributed by atoms with van der Waals surface area (Å²) in [5.41, 5.74) is 1.20. The number of benzene rings is 1. The van der Waals surface area contributed by atoms with Crippen molar-refractivity contribution in [1.82, 2.24) is 4.98 Å². The molecule has 0 radical (unpaired) electrons. The number of fused-ring (bicyclic) bond motifs is 1. The number of hydrogen-bond acceptors (Lipinski definition) is 2. The molecule has 0 unspecified atom stereocenters. The van der Waals surface area contributed by atoms with Crippen molar-refractivity contribution in [2.75, 3.05) is 0 Å². The van der Waals surface area contributed by atoms with E-state index in [1.54, 1.807) is 24.4 Å². The SMILES string of the molecule is Cc1cnc(Cl)c2cc(C(=O)O)ccc12. The lowest BCUT2D eigenvalue weighted by Gasteiger charge is -2.04. The van der Waals surface area contributed by atoms with Crippen molar-refractivity contribution in [3.8, 4) is 0 Å². The van der Waals surface area contributed by atoms with Crippen molar-refractivity contribution in [2.24, 2.45) is 0 Å². The maximum atomic E-state index is 10.8. The van der Waals surface area contributed by atoms with E-state index in [0.717, 1.165) is 10.9 Å². The summed E-state index contributed by atoms with van der Waals surface area (Å²) in [6.07, 6.45) is 1.67. The minimum atomic E-state index is -0.963. The third-order valence-electron chi connectivity index (χ3n) is 2.29. The second kappa shape index (κ2) is 3.51. The van der Waals surface area contributed by atoms with Crippen molar-refractivity contribution < 1.29 is 9.90 Å². The average Bonchev–Trinajstić information content (AvgIpc) is 2.23. The fourth-order valence-electron chi connectivity index (χ4n) is 1.48. The van der Waals surface area contributed by atoms with Gasteiger partial charge in [-0.1, -0.05) is 17.7 Å². The number of halogens is 1. The molecule has 15 heavy (non-hydrogen) atoms. The zero-order valence-electron chi connectivity index (χ0n) is 7.99. The van der Waals surface area contributed by atoms with Gasteiger partial charge in [0.05, 0.1) is 5.56 Å². The van der Waals surface area contributed by atoms with Gasteiger partial charge in [0, 0.05) is 11.6 Å². The van der Waals surface area contributed by atoms with E-state index in [1.807, 2.05) is 6.92 Å². The molecule has 0 amide bonds. The van der Waals surface area contributed by atoms with Gasteiger partial charge in [-0.3, -0.25) is 0 Å². The highest BCUT2D eigenvalue weighted by Crippen LogP contribution is 2.25. The van der Waals surface area contributed by atoms with Gasteiger partial charge in [-0.05, 0) is 30.0 Å². The van der Waals surface area contributed by atoms with Crippen molar-refractivity contribution in [3.63, 3.8) is 0 Å². The fourth-order valence-corrected chi connectivity index (χ4v) is 1.69. The van der Waals surface area contributed by atoms with E-state index >= 15 is 0 Å². The van der Waals surface area contributed by atoms with Gasteiger partial charge in [0.1, 0.15) is 5.15 Å². The Morgan fingerprint density at radius 2 is 2.13 bits per heavy atom. The molecule has 0 saturated heterocycles. The Morgan fingerprint density at radius 1 is 1.40 bits per heavy atom. The zero-order valence-corrected chi connectivity index (χ0v) is 8.75. The number of nitrogens with zero attached hydrogens (tertiary/aromatic N) is 1. The Bertz CT molecular complexity index is 552. The standard InChI is InChI=1S/C11H8ClNO2/c1-6-5-13-10(12)9-4-7(11(14)15)2-3-8(6)9/h2-5H,1H3,(H,14,15). The summed E-state index contributed by atoms with van der Waals surface area (Å²) in [5, 5.41) is 10.8. The van der Waals surface area contributed by atoms with Crippen LogP contribution in [0.1, 0.15) is 15.9 Å². The minimum Gasteiger partial charge on any atom is -0.478 e. The van der Waals surface area contributed by atoms with Crippen molar-refractivity contribution in [2.45, 2.75) is 6.92 Å². The third-order valence-corrected chi connectivity index (χ3v) is 2.59. The smallest absolute Gasteiger partial charge is 0.335 e. The molecule has 1 N–H and O–H groups in total. The number of carbonyl (C=O) groups is 1. The topological polar surface area (TPSA) is 50.2 Å². The molecule has 0 aliphatic carbocycles. The van der Waals surface area contributed by atoms with Crippen LogP contribution in [0.15, 0.2) is 24.4 Å². The van der Waals surface area contributed by atoms with E-state index < -0.39 is 5.97 Å². The zero-order chi connectivity index (χ0) is 11.0. The second-order valence-corrected chi connectivity index (χ2v) is 3.66. The molecule has 0 bridgehead atoms. The first-order valence-corrected chi connectivity index (χ1v) is 4.75. The Morgan fingerprint density at radius 3 is 2.80 bits per heavy atom. The Balaban J connectivity index is 2.81. The van der Waals surface area contributed by atoms with Crippen molar-refractivity contribution in [1.29, 1.82) is 0 Å². The highest BCUT2D eigenvalue weighted by molar-refractivity contribution is 6.34. The predicted octanol–water partition coefficient (Wildman–Crippen LogP) is 2.89. The highest BCUT2D eigenvalue weighted by Gasteiger charge is 2.07. The molecule has 0 aliphatic heterocycles. The van der Waals surface area contributed by atoms with E-state index in [9.17, 15) is 4.79 Å². The number of pyridine rings is 1. The summed E-state index contributed by atoms with van der Waals surface area (Å²) < 4.78 is 0. The van der Waals surface area contributed by atoms with Gasteiger partial charge in [0.25, 0.3) is 0 Å². The highest BCUT2D eigenvalue weighted by atomic mass is 35.5. The van der Waals surface area contributed by atoms with Crippen LogP contribution in [0.3, 0.4) is 0 Å². The van der Waals surface area contributed by atoms with Gasteiger partial charge in [-0.25, -0.2) is 9.78 Å². The quantitative estimate of drug-likeness (QED) is 0.754. The molecule has 0 aliphatic rings. The maximum absolute atomic E-state index is 10.8. The largest absolute Gasteiger partial charge is 0.478 e. The van der Waals surface area contributed by atoms with Crippen molar-refractivity contribution >= 4 is 28.3 Å². The van der Waals surface area contributed by atoms with Gasteiger partial charge in [0.2, 0.25) is 0 Å². The average molecular weight is 222 g/mol. The van der Waals surface area contributed by atoms with Crippen LogP contribution in [-0.4, -0.2) is 16.1 Å². The number of hydrogen-bond donors (Lipinski definition) is 1. The van der Waals surface area contributed by atoms with E-state index in [2.05, 4.69) is 4.98 Å². The molecule has 4 heteroatoms. The summed E-state index contributed by atoms with van der Waals surface area (Å²) in [6, 6.07) is 4.86. The normalized spacial score (nSPS) is 10.5. The number of rotatable bonds is 1. The lowest BCUT2D eigenvalue weighted by Crippen LogP contribution is -1.96. The Kier molecular flexibility index (Phi) is 2.32.